The van der Waals surface area contributed by atoms with Gasteiger partial charge in [-0.15, -0.1) is 0 Å². The molecule has 0 fully saturated rings. The molecule has 272 valence electrons. The van der Waals surface area contributed by atoms with Gasteiger partial charge in [-0.3, -0.25) is 4.79 Å². The van der Waals surface area contributed by atoms with Gasteiger partial charge in [0.25, 0.3) is 0 Å². The Kier molecular flexibility index (Phi) is 18.3. The van der Waals surface area contributed by atoms with Crippen molar-refractivity contribution in [1.82, 2.24) is 0 Å². The minimum atomic E-state index is -0.377. The monoisotopic (exact) mass is 710 g/mol. The molecule has 6 nitrogen and oxygen atoms in total. The number of rotatable bonds is 21. The van der Waals surface area contributed by atoms with Crippen LogP contribution in [0.4, 0.5) is 0 Å². The van der Waals surface area contributed by atoms with E-state index in [2.05, 4.69) is 89.3 Å². The molecule has 0 aliphatic rings. The van der Waals surface area contributed by atoms with E-state index in [0.717, 1.165) is 57.1 Å². The van der Waals surface area contributed by atoms with E-state index < -0.39 is 0 Å². The van der Waals surface area contributed by atoms with E-state index >= 15 is 0 Å². The molecule has 3 aromatic rings. The van der Waals surface area contributed by atoms with E-state index in [1.165, 1.54) is 16.7 Å². The zero-order valence-corrected chi connectivity index (χ0v) is 32.2. The number of carbonyl (C=O) groups excluding carboxylic acids is 2. The fraction of sp³-hybridized carbons (Fsp3) is 0.364. The zero-order valence-electron chi connectivity index (χ0n) is 31.4. The topological polar surface area (TPSA) is 71.1 Å². The number of esters is 1. The molecule has 0 N–H and O–H groups in total. The lowest BCUT2D eigenvalue weighted by Gasteiger charge is -2.13. The highest BCUT2D eigenvalue weighted by atomic mass is 32.2. The van der Waals surface area contributed by atoms with Crippen LogP contribution in [0, 0.1) is 6.92 Å². The van der Waals surface area contributed by atoms with Crippen LogP contribution >= 0.6 is 11.8 Å². The first kappa shape index (κ1) is 41.3. The quantitative estimate of drug-likeness (QED) is 0.0358. The van der Waals surface area contributed by atoms with E-state index in [4.69, 9.17) is 18.9 Å². The molecule has 51 heavy (non-hydrogen) atoms. The van der Waals surface area contributed by atoms with Crippen LogP contribution in [0.25, 0.3) is 10.5 Å². The van der Waals surface area contributed by atoms with Crippen molar-refractivity contribution in [2.24, 2.45) is 0 Å². The summed E-state index contributed by atoms with van der Waals surface area (Å²) in [5, 5.41) is 0. The number of aryl methyl sites for hydroxylation is 2. The lowest BCUT2D eigenvalue weighted by Crippen LogP contribution is -2.14. The van der Waals surface area contributed by atoms with E-state index in [1.807, 2.05) is 37.3 Å². The van der Waals surface area contributed by atoms with E-state index in [9.17, 15) is 9.59 Å². The largest absolute Gasteiger partial charge is 0.491 e. The number of hydrogen-bond donors (Lipinski definition) is 0. The van der Waals surface area contributed by atoms with Gasteiger partial charge in [-0.2, -0.15) is 0 Å². The van der Waals surface area contributed by atoms with Crippen molar-refractivity contribution in [1.29, 1.82) is 0 Å². The van der Waals surface area contributed by atoms with Gasteiger partial charge in [-0.05, 0) is 106 Å². The van der Waals surface area contributed by atoms with Crippen LogP contribution in [-0.2, 0) is 20.6 Å². The van der Waals surface area contributed by atoms with Gasteiger partial charge >= 0.3 is 5.97 Å². The molecule has 0 radical (unpaired) electrons. The maximum atomic E-state index is 12.9. The van der Waals surface area contributed by atoms with Gasteiger partial charge in [-0.25, -0.2) is 4.79 Å². The fourth-order valence-electron chi connectivity index (χ4n) is 5.16. The standard InChI is InChI=1S/C44H54O6S/c1-8-12-38-30-40(22-23-41(38)34(7)45)49-28-26-47-24-25-48-27-29-50-44(46)39-17-15-33(6)43(31-39)51-42(13-9-2)37-20-18-36(19-21-37)35(11-4)16-14-32(5)10-3/h10-11,13-23,30-31H,8-9,12,24-29H2,1-7H3/b16-14-,32-10-,35-11+,42-13+. The Balaban J connectivity index is 1.43. The van der Waals surface area contributed by atoms with Crippen molar-refractivity contribution < 1.29 is 28.5 Å². The van der Waals surface area contributed by atoms with Crippen molar-refractivity contribution in [2.75, 3.05) is 39.6 Å². The number of carbonyl (C=O) groups is 2. The average molecular weight is 711 g/mol. The second-order valence-electron chi connectivity index (χ2n) is 12.1. The molecule has 0 saturated carbocycles. The Morgan fingerprint density at radius 2 is 1.41 bits per heavy atom. The number of allylic oxidation sites excluding steroid dienone is 7. The highest BCUT2D eigenvalue weighted by molar-refractivity contribution is 8.08. The number of benzene rings is 3. The molecule has 0 bridgehead atoms. The first-order valence-corrected chi connectivity index (χ1v) is 18.7. The molecule has 0 unspecified atom stereocenters. The summed E-state index contributed by atoms with van der Waals surface area (Å²) in [6.07, 6.45) is 13.4. The van der Waals surface area contributed by atoms with Gasteiger partial charge in [0.15, 0.2) is 5.78 Å². The van der Waals surface area contributed by atoms with E-state index in [1.54, 1.807) is 24.8 Å². The first-order valence-electron chi connectivity index (χ1n) is 17.9. The molecule has 0 saturated heterocycles. The van der Waals surface area contributed by atoms with Gasteiger partial charge in [0.1, 0.15) is 19.0 Å². The summed E-state index contributed by atoms with van der Waals surface area (Å²) in [7, 11) is 0. The highest BCUT2D eigenvalue weighted by Gasteiger charge is 2.13. The molecular formula is C44H54O6S. The Hall–Kier alpha value is -4.17. The molecule has 0 spiro atoms. The van der Waals surface area contributed by atoms with E-state index in [-0.39, 0.29) is 25.0 Å². The minimum Gasteiger partial charge on any atom is -0.491 e. The van der Waals surface area contributed by atoms with Gasteiger partial charge in [-0.1, -0.05) is 98.3 Å². The highest BCUT2D eigenvalue weighted by Crippen LogP contribution is 2.37. The van der Waals surface area contributed by atoms with E-state index in [0.29, 0.717) is 32.0 Å². The lowest BCUT2D eigenvalue weighted by molar-refractivity contribution is 0.0105. The number of hydrogen-bond acceptors (Lipinski definition) is 7. The summed E-state index contributed by atoms with van der Waals surface area (Å²) in [5.74, 6) is 0.421. The Morgan fingerprint density at radius 3 is 2.06 bits per heavy atom. The summed E-state index contributed by atoms with van der Waals surface area (Å²) >= 11 is 1.66. The average Bonchev–Trinajstić information content (AvgIpc) is 3.13. The third-order valence-electron chi connectivity index (χ3n) is 8.13. The van der Waals surface area contributed by atoms with Crippen molar-refractivity contribution in [3.05, 3.63) is 130 Å². The molecule has 0 amide bonds. The number of ether oxygens (including phenoxy) is 4. The van der Waals surface area contributed by atoms with Crippen molar-refractivity contribution in [3.63, 3.8) is 0 Å². The number of ketones is 1. The second-order valence-corrected chi connectivity index (χ2v) is 13.2. The van der Waals surface area contributed by atoms with Crippen LogP contribution < -0.4 is 4.74 Å². The molecule has 0 atom stereocenters. The molecule has 0 aliphatic heterocycles. The first-order chi connectivity index (χ1) is 24.7. The predicted octanol–water partition coefficient (Wildman–Crippen LogP) is 10.9. The fourth-order valence-corrected chi connectivity index (χ4v) is 6.32. The van der Waals surface area contributed by atoms with Gasteiger partial charge in [0.05, 0.1) is 32.0 Å². The van der Waals surface area contributed by atoms with Crippen LogP contribution in [0.15, 0.2) is 102 Å². The maximum Gasteiger partial charge on any atom is 0.338 e. The van der Waals surface area contributed by atoms with Crippen LogP contribution in [-0.4, -0.2) is 51.4 Å². The molecule has 0 aliphatic carbocycles. The zero-order chi connectivity index (χ0) is 37.0. The number of thioether (sulfide) groups is 1. The van der Waals surface area contributed by atoms with Gasteiger partial charge in [0.2, 0.25) is 0 Å². The molecular weight excluding hydrogens is 657 g/mol. The van der Waals surface area contributed by atoms with Gasteiger partial charge < -0.3 is 18.9 Å². The predicted molar refractivity (Wildman–Crippen MR) is 212 cm³/mol. The molecule has 3 rings (SSSR count). The number of Topliss-reactive ketones (excluding diaryl/α,β-unsaturated/α-hetero) is 1. The van der Waals surface area contributed by atoms with Crippen LogP contribution in [0.3, 0.4) is 0 Å². The van der Waals surface area contributed by atoms with Crippen molar-refractivity contribution >= 4 is 34.0 Å². The van der Waals surface area contributed by atoms with Crippen LogP contribution in [0.5, 0.6) is 5.75 Å². The Labute approximate surface area is 309 Å². The molecule has 7 heteroatoms. The normalized spacial score (nSPS) is 12.4. The molecule has 0 heterocycles. The van der Waals surface area contributed by atoms with Gasteiger partial charge in [0, 0.05) is 15.4 Å². The summed E-state index contributed by atoms with van der Waals surface area (Å²) in [4.78, 5) is 26.9. The SMILES string of the molecule is C\C=C(C)/C=C\C(=C/C)c1ccc(/C(=C\CC)Sc2cc(C(=O)OCCOCCOCCOc3ccc(C(C)=O)c(CCC)c3)ccc2C)cc1. The smallest absolute Gasteiger partial charge is 0.338 e. The summed E-state index contributed by atoms with van der Waals surface area (Å²) in [5.41, 5.74) is 8.07. The summed E-state index contributed by atoms with van der Waals surface area (Å²) in [6.45, 7) is 16.1. The Bertz CT molecular complexity index is 1700. The summed E-state index contributed by atoms with van der Waals surface area (Å²) in [6, 6.07) is 19.9. The second kappa shape index (κ2) is 22.6. The van der Waals surface area contributed by atoms with Crippen LogP contribution in [0.2, 0.25) is 0 Å². The third kappa shape index (κ3) is 13.8. The lowest BCUT2D eigenvalue weighted by atomic mass is 10.0. The van der Waals surface area contributed by atoms with Crippen molar-refractivity contribution in [3.8, 4) is 5.75 Å². The molecule has 3 aromatic carbocycles. The third-order valence-corrected chi connectivity index (χ3v) is 9.41. The Morgan fingerprint density at radius 1 is 0.745 bits per heavy atom. The van der Waals surface area contributed by atoms with Crippen LogP contribution in [0.1, 0.15) is 97.4 Å². The molecule has 0 aromatic heterocycles. The minimum absolute atomic E-state index is 0.0667. The van der Waals surface area contributed by atoms with Crippen molar-refractivity contribution in [2.45, 2.75) is 72.6 Å². The summed E-state index contributed by atoms with van der Waals surface area (Å²) < 4.78 is 22.5. The maximum absolute atomic E-state index is 12.9.